The lowest BCUT2D eigenvalue weighted by molar-refractivity contribution is -0.129. The van der Waals surface area contributed by atoms with Crippen LogP contribution in [-0.2, 0) is 4.79 Å². The molecular formula is C21H31N3O2. The third-order valence-corrected chi connectivity index (χ3v) is 5.91. The number of hydrogen-bond acceptors (Lipinski definition) is 3. The molecule has 5 nitrogen and oxygen atoms in total. The summed E-state index contributed by atoms with van der Waals surface area (Å²) >= 11 is 0. The van der Waals surface area contributed by atoms with Gasteiger partial charge in [-0.2, -0.15) is 0 Å². The maximum atomic E-state index is 12.8. The number of pyridine rings is 1. The minimum atomic E-state index is 0.00655. The molecule has 1 saturated heterocycles. The highest BCUT2D eigenvalue weighted by Gasteiger charge is 2.27. The third-order valence-electron chi connectivity index (χ3n) is 5.91. The predicted molar refractivity (Wildman–Crippen MR) is 102 cm³/mol. The second-order valence-corrected chi connectivity index (χ2v) is 7.88. The zero-order chi connectivity index (χ0) is 18.5. The van der Waals surface area contributed by atoms with Crippen molar-refractivity contribution in [3.05, 3.63) is 29.1 Å². The molecule has 1 aliphatic heterocycles. The number of aromatic nitrogens is 1. The second-order valence-electron chi connectivity index (χ2n) is 7.88. The van der Waals surface area contributed by atoms with Crippen molar-refractivity contribution in [3.63, 3.8) is 0 Å². The predicted octanol–water partition coefficient (Wildman–Crippen LogP) is 3.43. The van der Waals surface area contributed by atoms with Gasteiger partial charge in [-0.25, -0.2) is 0 Å². The van der Waals surface area contributed by atoms with Gasteiger partial charge in [0.2, 0.25) is 5.91 Å². The van der Waals surface area contributed by atoms with Gasteiger partial charge in [0, 0.05) is 38.2 Å². The highest BCUT2D eigenvalue weighted by Crippen LogP contribution is 2.30. The highest BCUT2D eigenvalue weighted by atomic mass is 16.2. The highest BCUT2D eigenvalue weighted by molar-refractivity contribution is 5.95. The fraction of sp³-hybridized carbons (Fsp3) is 0.667. The number of nitrogens with zero attached hydrogens (tertiary/aromatic N) is 2. The molecule has 142 valence electrons. The molecule has 5 heteroatoms. The summed E-state index contributed by atoms with van der Waals surface area (Å²) < 4.78 is 0. The van der Waals surface area contributed by atoms with E-state index in [0.717, 1.165) is 43.9 Å². The van der Waals surface area contributed by atoms with Gasteiger partial charge in [-0.1, -0.05) is 19.3 Å². The number of rotatable bonds is 4. The number of likely N-dealkylation sites (tertiary alicyclic amines) is 1. The quantitative estimate of drug-likeness (QED) is 0.898. The smallest absolute Gasteiger partial charge is 0.253 e. The van der Waals surface area contributed by atoms with Gasteiger partial charge in [-0.05, 0) is 50.7 Å². The first kappa shape index (κ1) is 18.9. The molecule has 0 radical (unpaired) electrons. The Labute approximate surface area is 156 Å². The molecule has 1 aliphatic carbocycles. The molecule has 1 aromatic rings. The lowest BCUT2D eigenvalue weighted by atomic mass is 9.88. The Balaban J connectivity index is 1.67. The lowest BCUT2D eigenvalue weighted by Gasteiger charge is -2.31. The third kappa shape index (κ3) is 4.63. The first-order valence-electron chi connectivity index (χ1n) is 10.1. The van der Waals surface area contributed by atoms with Crippen LogP contribution in [0.2, 0.25) is 0 Å². The van der Waals surface area contributed by atoms with Gasteiger partial charge in [0.15, 0.2) is 0 Å². The summed E-state index contributed by atoms with van der Waals surface area (Å²) in [5.74, 6) is 1.01. The van der Waals surface area contributed by atoms with Gasteiger partial charge in [0.25, 0.3) is 5.91 Å². The summed E-state index contributed by atoms with van der Waals surface area (Å²) in [5, 5.41) is 3.15. The van der Waals surface area contributed by atoms with E-state index in [1.807, 2.05) is 24.0 Å². The Bertz CT molecular complexity index is 645. The summed E-state index contributed by atoms with van der Waals surface area (Å²) in [4.78, 5) is 31.0. The minimum absolute atomic E-state index is 0.00655. The van der Waals surface area contributed by atoms with Crippen molar-refractivity contribution in [2.24, 2.45) is 5.92 Å². The molecule has 26 heavy (non-hydrogen) atoms. The van der Waals surface area contributed by atoms with Gasteiger partial charge >= 0.3 is 0 Å². The number of aryl methyl sites for hydroxylation is 1. The Kier molecular flexibility index (Phi) is 6.28. The standard InChI is InChI=1S/C21H31N3O2/c1-15-8-9-19(21(26)22-14-17-6-4-3-5-7-17)20(23-15)18-10-12-24(13-11-18)16(2)25/h8-9,17-18H,3-7,10-14H2,1-2H3,(H,22,26). The van der Waals surface area contributed by atoms with Crippen molar-refractivity contribution in [1.82, 2.24) is 15.2 Å². The second kappa shape index (κ2) is 8.65. The molecule has 2 amide bonds. The van der Waals surface area contributed by atoms with Crippen molar-refractivity contribution >= 4 is 11.8 Å². The molecular weight excluding hydrogens is 326 g/mol. The first-order valence-corrected chi connectivity index (χ1v) is 10.1. The van der Waals surface area contributed by atoms with Crippen LogP contribution in [0.1, 0.15) is 79.5 Å². The lowest BCUT2D eigenvalue weighted by Crippen LogP contribution is -2.37. The molecule has 0 bridgehead atoms. The Morgan fingerprint density at radius 1 is 1.12 bits per heavy atom. The SMILES string of the molecule is CC(=O)N1CCC(c2nc(C)ccc2C(=O)NCC2CCCCC2)CC1. The van der Waals surface area contributed by atoms with E-state index in [4.69, 9.17) is 4.98 Å². The molecule has 2 fully saturated rings. The molecule has 1 saturated carbocycles. The summed E-state index contributed by atoms with van der Waals surface area (Å²) in [6, 6.07) is 3.84. The Hall–Kier alpha value is -1.91. The van der Waals surface area contributed by atoms with E-state index in [9.17, 15) is 9.59 Å². The van der Waals surface area contributed by atoms with Crippen molar-refractivity contribution < 1.29 is 9.59 Å². The fourth-order valence-corrected chi connectivity index (χ4v) is 4.27. The summed E-state index contributed by atoms with van der Waals surface area (Å²) in [7, 11) is 0. The zero-order valence-corrected chi connectivity index (χ0v) is 16.1. The number of hydrogen-bond donors (Lipinski definition) is 1. The van der Waals surface area contributed by atoms with Gasteiger partial charge in [0.1, 0.15) is 0 Å². The average Bonchev–Trinajstić information content (AvgIpc) is 2.67. The van der Waals surface area contributed by atoms with Gasteiger partial charge in [-0.15, -0.1) is 0 Å². The van der Waals surface area contributed by atoms with Gasteiger partial charge in [-0.3, -0.25) is 14.6 Å². The number of nitrogens with one attached hydrogen (secondary N) is 1. The molecule has 0 aromatic carbocycles. The summed E-state index contributed by atoms with van der Waals surface area (Å²) in [6.07, 6.45) is 8.10. The first-order chi connectivity index (χ1) is 12.5. The average molecular weight is 357 g/mol. The minimum Gasteiger partial charge on any atom is -0.352 e. The van der Waals surface area contributed by atoms with Crippen LogP contribution in [-0.4, -0.2) is 41.3 Å². The van der Waals surface area contributed by atoms with Crippen LogP contribution in [0.4, 0.5) is 0 Å². The molecule has 1 N–H and O–H groups in total. The van der Waals surface area contributed by atoms with Crippen molar-refractivity contribution in [3.8, 4) is 0 Å². The van der Waals surface area contributed by atoms with Crippen molar-refractivity contribution in [2.45, 2.75) is 64.7 Å². The summed E-state index contributed by atoms with van der Waals surface area (Å²) in [5.41, 5.74) is 2.57. The molecule has 0 unspecified atom stereocenters. The monoisotopic (exact) mass is 357 g/mol. The van der Waals surface area contributed by atoms with E-state index in [1.54, 1.807) is 6.92 Å². The van der Waals surface area contributed by atoms with Gasteiger partial charge in [0.05, 0.1) is 11.3 Å². The van der Waals surface area contributed by atoms with Crippen molar-refractivity contribution in [2.75, 3.05) is 19.6 Å². The normalized spacial score (nSPS) is 19.4. The van der Waals surface area contributed by atoms with Crippen molar-refractivity contribution in [1.29, 1.82) is 0 Å². The fourth-order valence-electron chi connectivity index (χ4n) is 4.27. The molecule has 0 spiro atoms. The molecule has 3 rings (SSSR count). The van der Waals surface area contributed by atoms with E-state index in [1.165, 1.54) is 32.1 Å². The number of carbonyl (C=O) groups is 2. The van der Waals surface area contributed by atoms with E-state index < -0.39 is 0 Å². The zero-order valence-electron chi connectivity index (χ0n) is 16.1. The van der Waals surface area contributed by atoms with E-state index >= 15 is 0 Å². The van der Waals surface area contributed by atoms with Crippen LogP contribution in [0.25, 0.3) is 0 Å². The van der Waals surface area contributed by atoms with Gasteiger partial charge < -0.3 is 10.2 Å². The summed E-state index contributed by atoms with van der Waals surface area (Å²) in [6.45, 7) is 5.86. The molecule has 1 aromatic heterocycles. The maximum absolute atomic E-state index is 12.8. The van der Waals surface area contributed by atoms with E-state index in [0.29, 0.717) is 11.5 Å². The van der Waals surface area contributed by atoms with Crippen LogP contribution in [0.15, 0.2) is 12.1 Å². The van der Waals surface area contributed by atoms with Crippen LogP contribution < -0.4 is 5.32 Å². The molecule has 0 atom stereocenters. The molecule has 2 heterocycles. The maximum Gasteiger partial charge on any atom is 0.253 e. The Morgan fingerprint density at radius 2 is 1.81 bits per heavy atom. The van der Waals surface area contributed by atoms with Crippen LogP contribution in [0.3, 0.4) is 0 Å². The van der Waals surface area contributed by atoms with E-state index in [2.05, 4.69) is 5.32 Å². The van der Waals surface area contributed by atoms with Crippen LogP contribution in [0.5, 0.6) is 0 Å². The number of carbonyl (C=O) groups excluding carboxylic acids is 2. The van der Waals surface area contributed by atoms with Crippen LogP contribution >= 0.6 is 0 Å². The van der Waals surface area contributed by atoms with E-state index in [-0.39, 0.29) is 17.7 Å². The topological polar surface area (TPSA) is 62.3 Å². The van der Waals surface area contributed by atoms with Crippen LogP contribution in [0, 0.1) is 12.8 Å². The number of piperidine rings is 1. The number of amides is 2. The largest absolute Gasteiger partial charge is 0.352 e. The molecule has 2 aliphatic rings. The Morgan fingerprint density at radius 3 is 2.46 bits per heavy atom.